The minimum absolute atomic E-state index is 0.0972. The number of nitrogens with zero attached hydrogens (tertiary/aromatic N) is 1. The quantitative estimate of drug-likeness (QED) is 0.106. The van der Waals surface area contributed by atoms with Crippen LogP contribution in [-0.2, 0) is 46.6 Å². The third kappa shape index (κ3) is 16.9. The van der Waals surface area contributed by atoms with E-state index in [1.54, 1.807) is 20.8 Å². The average molecular weight is 613 g/mol. The molecule has 1 atom stereocenters. The number of ether oxygens (including phenoxy) is 3. The second-order valence-electron chi connectivity index (χ2n) is 11.3. The number of amides is 3. The normalized spacial score (nSPS) is 11.7. The van der Waals surface area contributed by atoms with Gasteiger partial charge in [0.25, 0.3) is 0 Å². The number of hydrazine groups is 1. The first-order valence-electron chi connectivity index (χ1n) is 14.6. The Labute approximate surface area is 258 Å². The minimum atomic E-state index is -0.739. The Balaban J connectivity index is 1.82. The van der Waals surface area contributed by atoms with Crippen molar-refractivity contribution in [3.8, 4) is 0 Å². The highest BCUT2D eigenvalue weighted by atomic mass is 16.6. The predicted octanol–water partition coefficient (Wildman–Crippen LogP) is 3.40. The lowest BCUT2D eigenvalue weighted by Gasteiger charge is -2.22. The Morgan fingerprint density at radius 2 is 1.36 bits per heavy atom. The first-order valence-corrected chi connectivity index (χ1v) is 14.6. The van der Waals surface area contributed by atoms with Crippen LogP contribution < -0.4 is 16.1 Å². The highest BCUT2D eigenvalue weighted by molar-refractivity contribution is 5.83. The van der Waals surface area contributed by atoms with Gasteiger partial charge in [-0.05, 0) is 44.7 Å². The Bertz CT molecular complexity index is 1200. The van der Waals surface area contributed by atoms with Gasteiger partial charge in [-0.2, -0.15) is 0 Å². The van der Waals surface area contributed by atoms with Gasteiger partial charge in [0.2, 0.25) is 11.8 Å². The first-order chi connectivity index (χ1) is 20.9. The summed E-state index contributed by atoms with van der Waals surface area (Å²) in [6.45, 7) is 4.91. The number of carbonyl (C=O) groups is 5. The van der Waals surface area contributed by atoms with Crippen molar-refractivity contribution in [2.24, 2.45) is 0 Å². The zero-order chi connectivity index (χ0) is 32.4. The number of unbranched alkanes of at least 4 members (excludes halogenated alkanes) is 1. The monoisotopic (exact) mass is 612 g/mol. The Hall–Kier alpha value is -4.45. The molecule has 0 aliphatic carbocycles. The Kier molecular flexibility index (Phi) is 15.4. The molecule has 0 heterocycles. The van der Waals surface area contributed by atoms with Crippen molar-refractivity contribution < 1.29 is 38.2 Å². The summed E-state index contributed by atoms with van der Waals surface area (Å²) in [4.78, 5) is 61.6. The molecule has 0 aromatic heterocycles. The highest BCUT2D eigenvalue weighted by Crippen LogP contribution is 2.10. The van der Waals surface area contributed by atoms with Crippen LogP contribution in [0.3, 0.4) is 0 Å². The van der Waals surface area contributed by atoms with Crippen LogP contribution in [0.4, 0.5) is 4.79 Å². The minimum Gasteiger partial charge on any atom is -0.461 e. The maximum Gasteiger partial charge on any atom is 0.408 e. The average Bonchev–Trinajstić information content (AvgIpc) is 2.96. The fourth-order valence-corrected chi connectivity index (χ4v) is 3.94. The predicted molar refractivity (Wildman–Crippen MR) is 163 cm³/mol. The molecule has 2 rings (SSSR count). The molecular formula is C32H44N4O8. The van der Waals surface area contributed by atoms with Gasteiger partial charge in [-0.1, -0.05) is 67.1 Å². The van der Waals surface area contributed by atoms with Gasteiger partial charge in [-0.25, -0.2) is 9.80 Å². The van der Waals surface area contributed by atoms with Gasteiger partial charge >= 0.3 is 18.0 Å². The first kappa shape index (κ1) is 35.7. The molecule has 0 unspecified atom stereocenters. The molecule has 44 heavy (non-hydrogen) atoms. The SMILES string of the molecule is CN(CC(=O)OCc1ccccc1)NC(=O)C[C@H](CCCCC(=O)OCc1ccccc1)NC(=O)CNC(=O)OC(C)(C)C. The van der Waals surface area contributed by atoms with Crippen molar-refractivity contribution in [1.29, 1.82) is 0 Å². The van der Waals surface area contributed by atoms with Gasteiger partial charge in [0.05, 0.1) is 0 Å². The Morgan fingerprint density at radius 1 is 0.795 bits per heavy atom. The largest absolute Gasteiger partial charge is 0.461 e. The number of rotatable bonds is 17. The molecule has 12 heteroatoms. The van der Waals surface area contributed by atoms with Crippen molar-refractivity contribution in [3.05, 3.63) is 71.8 Å². The molecule has 0 radical (unpaired) electrons. The molecule has 2 aromatic rings. The van der Waals surface area contributed by atoms with Crippen molar-refractivity contribution in [2.75, 3.05) is 20.1 Å². The summed E-state index contributed by atoms with van der Waals surface area (Å²) < 4.78 is 15.7. The summed E-state index contributed by atoms with van der Waals surface area (Å²) in [5.41, 5.74) is 3.63. The van der Waals surface area contributed by atoms with Crippen LogP contribution in [-0.4, -0.2) is 66.6 Å². The molecule has 0 aliphatic rings. The zero-order valence-corrected chi connectivity index (χ0v) is 25.9. The number of likely N-dealkylation sites (N-methyl/N-ethyl adjacent to an activating group) is 1. The van der Waals surface area contributed by atoms with E-state index in [2.05, 4.69) is 16.1 Å². The number of esters is 2. The van der Waals surface area contributed by atoms with Gasteiger partial charge in [-0.3, -0.25) is 24.6 Å². The van der Waals surface area contributed by atoms with Crippen LogP contribution in [0.15, 0.2) is 60.7 Å². The molecule has 240 valence electrons. The van der Waals surface area contributed by atoms with Crippen LogP contribution >= 0.6 is 0 Å². The summed E-state index contributed by atoms with van der Waals surface area (Å²) in [5, 5.41) is 6.45. The van der Waals surface area contributed by atoms with Crippen LogP contribution in [0.5, 0.6) is 0 Å². The molecule has 0 saturated heterocycles. The maximum atomic E-state index is 12.8. The third-order valence-electron chi connectivity index (χ3n) is 5.94. The summed E-state index contributed by atoms with van der Waals surface area (Å²) in [6.07, 6.45) is 0.760. The molecule has 0 spiro atoms. The number of nitrogens with one attached hydrogen (secondary N) is 3. The highest BCUT2D eigenvalue weighted by Gasteiger charge is 2.20. The fraction of sp³-hybridized carbons (Fsp3) is 0.469. The number of benzene rings is 2. The summed E-state index contributed by atoms with van der Waals surface area (Å²) in [5.74, 6) is -1.80. The number of hydrogen-bond acceptors (Lipinski definition) is 9. The lowest BCUT2D eigenvalue weighted by molar-refractivity contribution is -0.147. The molecule has 2 aromatic carbocycles. The van der Waals surface area contributed by atoms with E-state index in [1.807, 2.05) is 60.7 Å². The lowest BCUT2D eigenvalue weighted by Crippen LogP contribution is -2.47. The van der Waals surface area contributed by atoms with E-state index in [0.717, 1.165) is 11.1 Å². The van der Waals surface area contributed by atoms with Crippen LogP contribution in [0.25, 0.3) is 0 Å². The smallest absolute Gasteiger partial charge is 0.408 e. The second kappa shape index (κ2) is 19.0. The van der Waals surface area contributed by atoms with E-state index >= 15 is 0 Å². The second-order valence-corrected chi connectivity index (χ2v) is 11.3. The summed E-state index contributed by atoms with van der Waals surface area (Å²) in [6, 6.07) is 18.0. The summed E-state index contributed by atoms with van der Waals surface area (Å²) in [7, 11) is 1.53. The van der Waals surface area contributed by atoms with E-state index in [-0.39, 0.29) is 45.1 Å². The van der Waals surface area contributed by atoms with Crippen molar-refractivity contribution in [3.63, 3.8) is 0 Å². The van der Waals surface area contributed by atoms with E-state index in [1.165, 1.54) is 12.1 Å². The van der Waals surface area contributed by atoms with Crippen molar-refractivity contribution in [1.82, 2.24) is 21.1 Å². The van der Waals surface area contributed by atoms with E-state index in [4.69, 9.17) is 14.2 Å². The molecule has 0 saturated carbocycles. The van der Waals surface area contributed by atoms with Gasteiger partial charge in [0.1, 0.15) is 31.9 Å². The standard InChI is InChI=1S/C32H44N4O8/c1-32(2,3)44-31(41)33-20-28(38)34-26(17-11-12-18-29(39)42-22-24-13-7-5-8-14-24)19-27(37)35-36(4)21-30(40)43-23-25-15-9-6-10-16-25/h5-10,13-16,26H,11-12,17-23H2,1-4H3,(H,33,41)(H,34,38)(H,35,37)/t26-/m0/s1. The van der Waals surface area contributed by atoms with Gasteiger partial charge in [-0.15, -0.1) is 0 Å². The lowest BCUT2D eigenvalue weighted by atomic mass is 10.0. The van der Waals surface area contributed by atoms with Crippen LogP contribution in [0.2, 0.25) is 0 Å². The van der Waals surface area contributed by atoms with Gasteiger partial charge in [0.15, 0.2) is 0 Å². The number of carbonyl (C=O) groups excluding carboxylic acids is 5. The molecule has 3 amide bonds. The van der Waals surface area contributed by atoms with E-state index < -0.39 is 35.5 Å². The van der Waals surface area contributed by atoms with Crippen LogP contribution in [0, 0.1) is 0 Å². The number of hydrogen-bond donors (Lipinski definition) is 3. The topological polar surface area (TPSA) is 152 Å². The maximum absolute atomic E-state index is 12.8. The summed E-state index contributed by atoms with van der Waals surface area (Å²) >= 11 is 0. The van der Waals surface area contributed by atoms with E-state index in [0.29, 0.717) is 19.3 Å². The molecule has 3 N–H and O–H groups in total. The van der Waals surface area contributed by atoms with E-state index in [9.17, 15) is 24.0 Å². The Morgan fingerprint density at radius 3 is 1.93 bits per heavy atom. The molecule has 0 bridgehead atoms. The van der Waals surface area contributed by atoms with Crippen molar-refractivity contribution in [2.45, 2.75) is 77.7 Å². The van der Waals surface area contributed by atoms with Crippen molar-refractivity contribution >= 4 is 29.8 Å². The number of alkyl carbamates (subject to hydrolysis) is 1. The molecule has 12 nitrogen and oxygen atoms in total. The fourth-order valence-electron chi connectivity index (χ4n) is 3.94. The zero-order valence-electron chi connectivity index (χ0n) is 25.9. The molecule has 0 fully saturated rings. The molecule has 0 aliphatic heterocycles. The van der Waals surface area contributed by atoms with Gasteiger partial charge < -0.3 is 24.8 Å². The third-order valence-corrected chi connectivity index (χ3v) is 5.94. The van der Waals surface area contributed by atoms with Crippen LogP contribution in [0.1, 0.15) is 64.0 Å². The van der Waals surface area contributed by atoms with Gasteiger partial charge in [0, 0.05) is 25.9 Å². The molecular weight excluding hydrogens is 568 g/mol.